The molecule has 0 aliphatic heterocycles. The van der Waals surface area contributed by atoms with E-state index in [1.165, 1.54) is 11.8 Å². The van der Waals surface area contributed by atoms with Gasteiger partial charge in [0.15, 0.2) is 0 Å². The Labute approximate surface area is 158 Å². The number of ether oxygens (including phenoxy) is 3. The number of rotatable bonds is 8. The Hall–Kier alpha value is -3.13. The van der Waals surface area contributed by atoms with Gasteiger partial charge in [-0.1, -0.05) is 0 Å². The van der Waals surface area contributed by atoms with Gasteiger partial charge in [-0.3, -0.25) is 14.4 Å². The van der Waals surface area contributed by atoms with Crippen LogP contribution in [-0.2, 0) is 28.6 Å². The lowest BCUT2D eigenvalue weighted by Gasteiger charge is -2.21. The maximum atomic E-state index is 11.9. The summed E-state index contributed by atoms with van der Waals surface area (Å²) in [5.41, 5.74) is -0.181. The van der Waals surface area contributed by atoms with Crippen molar-refractivity contribution in [1.29, 1.82) is 5.26 Å². The summed E-state index contributed by atoms with van der Waals surface area (Å²) in [6.07, 6.45) is 0. The number of esters is 3. The van der Waals surface area contributed by atoms with Gasteiger partial charge in [0.05, 0.1) is 32.8 Å². The molecular weight excluding hydrogens is 380 g/mol. The summed E-state index contributed by atoms with van der Waals surface area (Å²) >= 11 is 0.669. The summed E-state index contributed by atoms with van der Waals surface area (Å²) in [5, 5.41) is 19.1. The van der Waals surface area contributed by atoms with Crippen LogP contribution in [0.5, 0.6) is 0 Å². The van der Waals surface area contributed by atoms with Crippen molar-refractivity contribution in [2.24, 2.45) is 0 Å². The minimum absolute atomic E-state index is 0.0384. The average molecular weight is 398 g/mol. The van der Waals surface area contributed by atoms with Crippen molar-refractivity contribution in [2.45, 2.75) is 12.8 Å². The van der Waals surface area contributed by atoms with Crippen LogP contribution in [0.15, 0.2) is 0 Å². The molecule has 11 heteroatoms. The molecule has 1 unspecified atom stereocenters. The highest BCUT2D eigenvalue weighted by Crippen LogP contribution is 2.40. The molecule has 0 fully saturated rings. The molecule has 1 N–H and O–H groups in total. The largest absolute Gasteiger partial charge is 0.477 e. The minimum Gasteiger partial charge on any atom is -0.477 e. The number of carbonyl (C=O) groups excluding carboxylic acids is 3. The van der Waals surface area contributed by atoms with Crippen molar-refractivity contribution in [3.63, 3.8) is 0 Å². The van der Waals surface area contributed by atoms with Crippen LogP contribution >= 0.6 is 11.3 Å². The maximum Gasteiger partial charge on any atom is 0.346 e. The zero-order valence-electron chi connectivity index (χ0n) is 15.1. The van der Waals surface area contributed by atoms with Crippen molar-refractivity contribution in [2.75, 3.05) is 39.3 Å². The van der Waals surface area contributed by atoms with E-state index in [2.05, 4.69) is 14.2 Å². The predicted molar refractivity (Wildman–Crippen MR) is 92.7 cm³/mol. The number of carboxylic acid groups (broad SMARTS) is 1. The summed E-state index contributed by atoms with van der Waals surface area (Å²) < 4.78 is 13.8. The van der Waals surface area contributed by atoms with Crippen LogP contribution in [0.25, 0.3) is 0 Å². The first kappa shape index (κ1) is 21.9. The van der Waals surface area contributed by atoms with Crippen LogP contribution in [0.1, 0.15) is 33.6 Å². The number of hydrogen-bond acceptors (Lipinski definition) is 10. The highest BCUT2D eigenvalue weighted by molar-refractivity contribution is 7.18. The SMILES string of the molecule is COC(=O)CN(CC(=O)OC)c1sc(C(=O)O)c(C(C)C(=O)OC)c1C#N. The molecule has 0 saturated carbocycles. The number of carbonyl (C=O) groups is 4. The number of thiophene rings is 1. The molecule has 0 spiro atoms. The van der Waals surface area contributed by atoms with E-state index in [0.29, 0.717) is 11.3 Å². The van der Waals surface area contributed by atoms with Gasteiger partial charge in [0.1, 0.15) is 29.0 Å². The summed E-state index contributed by atoms with van der Waals surface area (Å²) in [6.45, 7) is 0.549. The fourth-order valence-electron chi connectivity index (χ4n) is 2.27. The van der Waals surface area contributed by atoms with E-state index in [9.17, 15) is 29.5 Å². The molecule has 0 aromatic carbocycles. The van der Waals surface area contributed by atoms with E-state index in [4.69, 9.17) is 0 Å². The van der Waals surface area contributed by atoms with Crippen molar-refractivity contribution in [1.82, 2.24) is 0 Å². The van der Waals surface area contributed by atoms with Gasteiger partial charge in [-0.15, -0.1) is 11.3 Å². The number of carboxylic acids is 1. The molecule has 1 heterocycles. The zero-order chi connectivity index (χ0) is 20.7. The van der Waals surface area contributed by atoms with Gasteiger partial charge in [0.2, 0.25) is 0 Å². The first-order valence-corrected chi connectivity index (χ1v) is 8.29. The maximum absolute atomic E-state index is 11.9. The van der Waals surface area contributed by atoms with E-state index in [1.807, 2.05) is 6.07 Å². The van der Waals surface area contributed by atoms with Gasteiger partial charge in [-0.05, 0) is 6.92 Å². The van der Waals surface area contributed by atoms with E-state index < -0.39 is 42.9 Å². The second-order valence-electron chi connectivity index (χ2n) is 5.20. The molecule has 10 nitrogen and oxygen atoms in total. The number of hydrogen-bond donors (Lipinski definition) is 1. The molecule has 0 amide bonds. The predicted octanol–water partition coefficient (Wildman–Crippen LogP) is 0.747. The molecule has 0 radical (unpaired) electrons. The fourth-order valence-corrected chi connectivity index (χ4v) is 3.45. The Morgan fingerprint density at radius 1 is 1.11 bits per heavy atom. The molecule has 27 heavy (non-hydrogen) atoms. The molecule has 1 aromatic rings. The number of methoxy groups -OCH3 is 3. The Balaban J connectivity index is 3.61. The number of anilines is 1. The second kappa shape index (κ2) is 9.54. The summed E-state index contributed by atoms with van der Waals surface area (Å²) in [4.78, 5) is 47.8. The number of nitrogens with zero attached hydrogens (tertiary/aromatic N) is 2. The normalized spacial score (nSPS) is 11.1. The number of nitriles is 1. The Kier molecular flexibility index (Phi) is 7.74. The highest BCUT2D eigenvalue weighted by Gasteiger charge is 2.33. The first-order valence-electron chi connectivity index (χ1n) is 7.48. The Morgan fingerprint density at radius 3 is 2.00 bits per heavy atom. The molecule has 0 aliphatic carbocycles. The van der Waals surface area contributed by atoms with Gasteiger partial charge < -0.3 is 24.2 Å². The van der Waals surface area contributed by atoms with Crippen molar-refractivity contribution >= 4 is 40.2 Å². The monoisotopic (exact) mass is 398 g/mol. The molecule has 146 valence electrons. The molecule has 0 aliphatic rings. The third-order valence-corrected chi connectivity index (χ3v) is 4.86. The van der Waals surface area contributed by atoms with Crippen LogP contribution in [0, 0.1) is 11.3 Å². The van der Waals surface area contributed by atoms with Crippen LogP contribution in [0.4, 0.5) is 5.00 Å². The highest BCUT2D eigenvalue weighted by atomic mass is 32.1. The van der Waals surface area contributed by atoms with Crippen LogP contribution in [0.2, 0.25) is 0 Å². The van der Waals surface area contributed by atoms with Crippen molar-refractivity contribution < 1.29 is 38.5 Å². The van der Waals surface area contributed by atoms with E-state index >= 15 is 0 Å². The van der Waals surface area contributed by atoms with Crippen LogP contribution < -0.4 is 4.90 Å². The lowest BCUT2D eigenvalue weighted by molar-refractivity contribution is -0.142. The molecule has 1 atom stereocenters. The molecular formula is C16H18N2O8S. The zero-order valence-corrected chi connectivity index (χ0v) is 15.9. The van der Waals surface area contributed by atoms with Crippen LogP contribution in [0.3, 0.4) is 0 Å². The van der Waals surface area contributed by atoms with Gasteiger partial charge in [0, 0.05) is 5.56 Å². The molecule has 0 saturated heterocycles. The first-order chi connectivity index (χ1) is 12.7. The lowest BCUT2D eigenvalue weighted by atomic mass is 9.97. The van der Waals surface area contributed by atoms with Gasteiger partial charge in [-0.2, -0.15) is 5.26 Å². The smallest absolute Gasteiger partial charge is 0.346 e. The van der Waals surface area contributed by atoms with E-state index in [-0.39, 0.29) is 21.0 Å². The fraction of sp³-hybridized carbons (Fsp3) is 0.438. The molecule has 0 bridgehead atoms. The molecule has 1 aromatic heterocycles. The Morgan fingerprint density at radius 2 is 1.63 bits per heavy atom. The van der Waals surface area contributed by atoms with Crippen LogP contribution in [-0.4, -0.2) is 63.4 Å². The third kappa shape index (κ3) is 4.95. The van der Waals surface area contributed by atoms with E-state index in [0.717, 1.165) is 21.3 Å². The lowest BCUT2D eigenvalue weighted by Crippen LogP contribution is -2.35. The van der Waals surface area contributed by atoms with Crippen molar-refractivity contribution in [3.05, 3.63) is 16.0 Å². The van der Waals surface area contributed by atoms with Gasteiger partial charge >= 0.3 is 23.9 Å². The van der Waals surface area contributed by atoms with Crippen molar-refractivity contribution in [3.8, 4) is 6.07 Å². The topological polar surface area (TPSA) is 143 Å². The quantitative estimate of drug-likeness (QED) is 0.492. The average Bonchev–Trinajstić information content (AvgIpc) is 3.05. The summed E-state index contributed by atoms with van der Waals surface area (Å²) in [6, 6.07) is 1.86. The summed E-state index contributed by atoms with van der Waals surface area (Å²) in [7, 11) is 3.43. The number of aromatic carboxylic acids is 1. The molecule has 1 rings (SSSR count). The Bertz CT molecular complexity index is 777. The van der Waals surface area contributed by atoms with Gasteiger partial charge in [-0.25, -0.2) is 4.79 Å². The summed E-state index contributed by atoms with van der Waals surface area (Å²) in [5.74, 6) is -4.56. The van der Waals surface area contributed by atoms with Gasteiger partial charge in [0.25, 0.3) is 0 Å². The second-order valence-corrected chi connectivity index (χ2v) is 6.19. The third-order valence-electron chi connectivity index (χ3n) is 3.60. The minimum atomic E-state index is -1.36. The standard InChI is InChI=1S/C16H18N2O8S/c1-8(16(23)26-4)12-9(5-17)14(27-13(12)15(21)22)18(6-10(19)24-2)7-11(20)25-3/h8H,6-7H2,1-4H3,(H,21,22). The van der Waals surface area contributed by atoms with E-state index in [1.54, 1.807) is 0 Å².